The molecule has 2 aromatic carbocycles. The van der Waals surface area contributed by atoms with Crippen molar-refractivity contribution in [2.24, 2.45) is 11.6 Å². The first kappa shape index (κ1) is 26.6. The summed E-state index contributed by atoms with van der Waals surface area (Å²) in [4.78, 5) is 26.7. The second kappa shape index (κ2) is 15.4. The third-order valence-electron chi connectivity index (χ3n) is 3.93. The van der Waals surface area contributed by atoms with E-state index >= 15 is 0 Å². The van der Waals surface area contributed by atoms with Crippen molar-refractivity contribution in [3.63, 3.8) is 0 Å². The molecule has 9 nitrogen and oxygen atoms in total. The molecule has 0 radical (unpaired) electrons. The number of H-pyrrole nitrogens is 1. The molecule has 1 amide bonds. The van der Waals surface area contributed by atoms with E-state index in [4.69, 9.17) is 27.0 Å². The monoisotopic (exact) mass is 461 g/mol. The number of aldehydes is 1. The number of aromatic amines is 1. The number of rotatable bonds is 8. The van der Waals surface area contributed by atoms with Gasteiger partial charge in [0, 0.05) is 13.7 Å². The highest BCUT2D eigenvalue weighted by molar-refractivity contribution is 6.32. The fourth-order valence-corrected chi connectivity index (χ4v) is 2.69. The van der Waals surface area contributed by atoms with Crippen molar-refractivity contribution in [2.45, 2.75) is 13.3 Å². The van der Waals surface area contributed by atoms with Gasteiger partial charge in [0.05, 0.1) is 21.8 Å². The average Bonchev–Trinajstić information content (AvgIpc) is 3.23. The number of hydrazine groups is 1. The number of nitrogens with two attached hydrogens (primary N) is 2. The zero-order chi connectivity index (χ0) is 23.8. The number of aromatic nitrogens is 2. The maximum absolute atomic E-state index is 10.4. The summed E-state index contributed by atoms with van der Waals surface area (Å²) in [5.41, 5.74) is 10.3. The van der Waals surface area contributed by atoms with Crippen molar-refractivity contribution in [2.75, 3.05) is 20.3 Å². The molecule has 6 N–H and O–H groups in total. The molecule has 0 aliphatic heterocycles. The Morgan fingerprint density at radius 3 is 2.50 bits per heavy atom. The van der Waals surface area contributed by atoms with Crippen LogP contribution in [0, 0.1) is 0 Å². The summed E-state index contributed by atoms with van der Waals surface area (Å²) in [5.74, 6) is 6.79. The van der Waals surface area contributed by atoms with Gasteiger partial charge in [0.1, 0.15) is 12.4 Å². The van der Waals surface area contributed by atoms with E-state index in [0.29, 0.717) is 35.0 Å². The Morgan fingerprint density at radius 2 is 1.94 bits per heavy atom. The van der Waals surface area contributed by atoms with Crippen molar-refractivity contribution in [3.8, 4) is 5.75 Å². The molecule has 3 aromatic rings. The largest absolute Gasteiger partial charge is 0.485 e. The fraction of sp³-hybridized carbons (Fsp3) is 0.227. The number of nitrogens with zero attached hydrogens (tertiary/aromatic N) is 1. The third-order valence-corrected chi connectivity index (χ3v) is 4.23. The minimum Gasteiger partial charge on any atom is -0.485 e. The van der Waals surface area contributed by atoms with Crippen LogP contribution in [0.3, 0.4) is 0 Å². The first-order valence-corrected chi connectivity index (χ1v) is 10.0. The fourth-order valence-electron chi connectivity index (χ4n) is 2.44. The molecule has 0 saturated heterocycles. The van der Waals surface area contributed by atoms with Crippen molar-refractivity contribution in [3.05, 3.63) is 65.0 Å². The standard InChI is InChI=1S/C18H17ClN4O2.C3H8O.CH3NO/c19-13-11-12(6-8-17(13)25-10-9-24)5-7-16(23-20)18-21-14-3-1-2-4-15(14)22-18;1-3-4-2;2-1-3/h1-4,6-9,11,23H,5,10,20H2,(H,21,22);3H2,1-2H3;1H,(H2,2,3)/b16-7-;;. The number of amides is 1. The smallest absolute Gasteiger partial charge is 0.204 e. The number of benzene rings is 2. The van der Waals surface area contributed by atoms with E-state index in [0.717, 1.165) is 23.2 Å². The molecule has 0 fully saturated rings. The van der Waals surface area contributed by atoms with Gasteiger partial charge in [-0.05, 0) is 43.2 Å². The van der Waals surface area contributed by atoms with Crippen LogP contribution in [0.4, 0.5) is 0 Å². The minimum atomic E-state index is -0.0216. The highest BCUT2D eigenvalue weighted by Crippen LogP contribution is 2.26. The molecule has 0 atom stereocenters. The molecular weight excluding hydrogens is 434 g/mol. The number of para-hydroxylation sites is 2. The maximum atomic E-state index is 10.4. The molecule has 0 aliphatic rings. The number of primary amides is 1. The quantitative estimate of drug-likeness (QED) is 0.229. The van der Waals surface area contributed by atoms with Crippen molar-refractivity contribution in [1.29, 1.82) is 0 Å². The summed E-state index contributed by atoms with van der Waals surface area (Å²) in [5, 5.41) is 0.457. The molecule has 0 aliphatic carbocycles. The topological polar surface area (TPSA) is 145 Å². The lowest BCUT2D eigenvalue weighted by molar-refractivity contribution is -0.109. The van der Waals surface area contributed by atoms with Crippen LogP contribution in [0.5, 0.6) is 5.75 Å². The number of ether oxygens (including phenoxy) is 2. The van der Waals surface area contributed by atoms with E-state index in [-0.39, 0.29) is 13.0 Å². The number of allylic oxidation sites excluding steroid dienone is 1. The first-order valence-electron chi connectivity index (χ1n) is 9.65. The predicted octanol–water partition coefficient (Wildman–Crippen LogP) is 2.60. The van der Waals surface area contributed by atoms with E-state index in [2.05, 4.69) is 25.9 Å². The summed E-state index contributed by atoms with van der Waals surface area (Å²) in [7, 11) is 1.68. The van der Waals surface area contributed by atoms with Crippen molar-refractivity contribution in [1.82, 2.24) is 15.4 Å². The summed E-state index contributed by atoms with van der Waals surface area (Å²) >= 11 is 6.16. The zero-order valence-corrected chi connectivity index (χ0v) is 18.8. The zero-order valence-electron chi connectivity index (χ0n) is 18.0. The lowest BCUT2D eigenvalue weighted by Crippen LogP contribution is -2.21. The van der Waals surface area contributed by atoms with Crippen LogP contribution < -0.4 is 21.7 Å². The molecular formula is C22H28ClN5O4. The number of methoxy groups -OCH3 is 1. The van der Waals surface area contributed by atoms with Gasteiger partial charge < -0.3 is 25.6 Å². The van der Waals surface area contributed by atoms with E-state index in [1.165, 1.54) is 0 Å². The van der Waals surface area contributed by atoms with Crippen LogP contribution in [0.15, 0.2) is 48.5 Å². The molecule has 172 valence electrons. The minimum absolute atomic E-state index is 0.0216. The molecule has 0 saturated carbocycles. The highest BCUT2D eigenvalue weighted by atomic mass is 35.5. The van der Waals surface area contributed by atoms with Gasteiger partial charge in [-0.1, -0.05) is 35.9 Å². The SMILES string of the molecule is CCOC.NC=O.NN/C(=C\Cc1ccc(OCC=O)c(Cl)c1)c1nc2ccccc2[nH]1. The second-order valence-electron chi connectivity index (χ2n) is 6.02. The summed E-state index contributed by atoms with van der Waals surface area (Å²) < 4.78 is 9.77. The summed E-state index contributed by atoms with van der Waals surface area (Å²) in [6.45, 7) is 2.76. The van der Waals surface area contributed by atoms with Gasteiger partial charge in [0.2, 0.25) is 6.41 Å². The molecule has 10 heteroatoms. The van der Waals surface area contributed by atoms with Crippen LogP contribution in [0.25, 0.3) is 16.7 Å². The van der Waals surface area contributed by atoms with Gasteiger partial charge in [-0.3, -0.25) is 15.4 Å². The average molecular weight is 462 g/mol. The van der Waals surface area contributed by atoms with Gasteiger partial charge in [0.15, 0.2) is 12.1 Å². The Kier molecular flexibility index (Phi) is 12.8. The highest BCUT2D eigenvalue weighted by Gasteiger charge is 2.07. The molecule has 0 spiro atoms. The van der Waals surface area contributed by atoms with Gasteiger partial charge in [-0.15, -0.1) is 0 Å². The van der Waals surface area contributed by atoms with E-state index in [1.807, 2.05) is 43.3 Å². The van der Waals surface area contributed by atoms with E-state index in [1.54, 1.807) is 19.2 Å². The van der Waals surface area contributed by atoms with Crippen LogP contribution in [0.2, 0.25) is 5.02 Å². The number of hydrogen-bond acceptors (Lipinski definition) is 7. The Balaban J connectivity index is 0.000000645. The second-order valence-corrected chi connectivity index (χ2v) is 6.43. The summed E-state index contributed by atoms with van der Waals surface area (Å²) in [6, 6.07) is 13.2. The molecule has 1 heterocycles. The summed E-state index contributed by atoms with van der Waals surface area (Å²) in [6.07, 6.45) is 3.46. The van der Waals surface area contributed by atoms with E-state index < -0.39 is 0 Å². The lowest BCUT2D eigenvalue weighted by atomic mass is 10.1. The Hall–Kier alpha value is -3.40. The molecule has 0 unspecified atom stereocenters. The number of halogens is 1. The number of carbonyl (C=O) groups excluding carboxylic acids is 2. The Morgan fingerprint density at radius 1 is 1.25 bits per heavy atom. The van der Waals surface area contributed by atoms with Gasteiger partial charge >= 0.3 is 0 Å². The van der Waals surface area contributed by atoms with Crippen molar-refractivity contribution < 1.29 is 19.1 Å². The number of fused-ring (bicyclic) bond motifs is 1. The normalized spacial score (nSPS) is 10.3. The lowest BCUT2D eigenvalue weighted by Gasteiger charge is -2.07. The molecule has 1 aromatic heterocycles. The van der Waals surface area contributed by atoms with E-state index in [9.17, 15) is 4.79 Å². The Labute approximate surface area is 191 Å². The number of carbonyl (C=O) groups is 2. The maximum Gasteiger partial charge on any atom is 0.204 e. The van der Waals surface area contributed by atoms with Crippen molar-refractivity contribution >= 4 is 41.0 Å². The number of hydrogen-bond donors (Lipinski definition) is 4. The van der Waals surface area contributed by atoms with Gasteiger partial charge in [-0.2, -0.15) is 0 Å². The third kappa shape index (κ3) is 8.76. The van der Waals surface area contributed by atoms with Crippen LogP contribution in [-0.4, -0.2) is 43.0 Å². The molecule has 32 heavy (non-hydrogen) atoms. The van der Waals surface area contributed by atoms with Gasteiger partial charge in [0.25, 0.3) is 0 Å². The van der Waals surface area contributed by atoms with Gasteiger partial charge in [-0.25, -0.2) is 4.98 Å². The molecule has 3 rings (SSSR count). The van der Waals surface area contributed by atoms with Crippen LogP contribution in [0.1, 0.15) is 18.3 Å². The number of imidazole rings is 1. The van der Waals surface area contributed by atoms with Crippen LogP contribution in [-0.2, 0) is 20.7 Å². The Bertz CT molecular complexity index is 972. The first-order chi connectivity index (χ1) is 15.5. The predicted molar refractivity (Wildman–Crippen MR) is 126 cm³/mol. The number of nitrogens with one attached hydrogen (secondary N) is 2. The molecule has 0 bridgehead atoms. The van der Waals surface area contributed by atoms with Crippen LogP contribution >= 0.6 is 11.6 Å².